The van der Waals surface area contributed by atoms with Gasteiger partial charge < -0.3 is 14.7 Å². The summed E-state index contributed by atoms with van der Waals surface area (Å²) in [7, 11) is 1.67. The molecule has 0 saturated carbocycles. The maximum absolute atomic E-state index is 10.4. The van der Waals surface area contributed by atoms with E-state index in [0.717, 1.165) is 44.0 Å². The normalized spacial score (nSPS) is 16.8. The molecule has 1 fully saturated rings. The number of benzene rings is 2. The van der Waals surface area contributed by atoms with Crippen LogP contribution in [0.5, 0.6) is 5.75 Å². The second-order valence-electron chi connectivity index (χ2n) is 6.33. The average Bonchev–Trinajstić information content (AvgIpc) is 2.64. The third kappa shape index (κ3) is 4.49. The number of β-amino-alcohol motifs (C(OH)–C–C–N with tert-alkyl or cyclic N) is 1. The second kappa shape index (κ2) is 8.18. The zero-order valence-corrected chi connectivity index (χ0v) is 14.3. The van der Waals surface area contributed by atoms with Crippen molar-refractivity contribution in [3.05, 3.63) is 60.2 Å². The van der Waals surface area contributed by atoms with Crippen LogP contribution in [0, 0.1) is 0 Å². The molecule has 128 valence electrons. The molecule has 2 aromatic rings. The molecule has 0 aromatic heterocycles. The number of piperazine rings is 1. The zero-order chi connectivity index (χ0) is 16.8. The Morgan fingerprint density at radius 1 is 0.958 bits per heavy atom. The van der Waals surface area contributed by atoms with Gasteiger partial charge in [0.25, 0.3) is 0 Å². The predicted octanol–water partition coefficient (Wildman–Crippen LogP) is 2.42. The molecule has 4 heteroatoms. The number of methoxy groups -OCH3 is 1. The van der Waals surface area contributed by atoms with Crippen molar-refractivity contribution in [3.8, 4) is 5.75 Å². The minimum Gasteiger partial charge on any atom is -0.497 e. The molecule has 24 heavy (non-hydrogen) atoms. The Bertz CT molecular complexity index is 607. The first-order valence-corrected chi connectivity index (χ1v) is 8.58. The molecule has 0 amide bonds. The van der Waals surface area contributed by atoms with E-state index in [4.69, 9.17) is 4.74 Å². The summed E-state index contributed by atoms with van der Waals surface area (Å²) in [6.45, 7) is 4.75. The minimum atomic E-state index is -0.332. The van der Waals surface area contributed by atoms with Crippen LogP contribution in [0.4, 0.5) is 5.69 Å². The van der Waals surface area contributed by atoms with E-state index in [2.05, 4.69) is 40.1 Å². The third-order valence-corrected chi connectivity index (χ3v) is 4.59. The van der Waals surface area contributed by atoms with Gasteiger partial charge in [-0.3, -0.25) is 4.90 Å². The maximum atomic E-state index is 10.4. The van der Waals surface area contributed by atoms with Gasteiger partial charge in [0.1, 0.15) is 5.75 Å². The molecule has 1 aliphatic heterocycles. The quantitative estimate of drug-likeness (QED) is 0.884. The highest BCUT2D eigenvalue weighted by atomic mass is 16.5. The van der Waals surface area contributed by atoms with E-state index in [1.54, 1.807) is 7.11 Å². The van der Waals surface area contributed by atoms with Crippen molar-refractivity contribution in [2.75, 3.05) is 44.7 Å². The van der Waals surface area contributed by atoms with E-state index in [9.17, 15) is 5.11 Å². The van der Waals surface area contributed by atoms with Crippen LogP contribution < -0.4 is 9.64 Å². The van der Waals surface area contributed by atoms with E-state index >= 15 is 0 Å². The number of anilines is 1. The van der Waals surface area contributed by atoms with Crippen molar-refractivity contribution >= 4 is 5.69 Å². The van der Waals surface area contributed by atoms with Crippen LogP contribution in [0.1, 0.15) is 5.56 Å². The van der Waals surface area contributed by atoms with Crippen LogP contribution in [-0.4, -0.2) is 55.9 Å². The van der Waals surface area contributed by atoms with Gasteiger partial charge in [-0.25, -0.2) is 0 Å². The predicted molar refractivity (Wildman–Crippen MR) is 97.8 cm³/mol. The van der Waals surface area contributed by atoms with E-state index in [-0.39, 0.29) is 6.10 Å². The van der Waals surface area contributed by atoms with Gasteiger partial charge in [-0.05, 0) is 36.2 Å². The fourth-order valence-electron chi connectivity index (χ4n) is 3.22. The van der Waals surface area contributed by atoms with Crippen LogP contribution in [0.2, 0.25) is 0 Å². The molecular formula is C20H26N2O2. The topological polar surface area (TPSA) is 35.9 Å². The first-order valence-electron chi connectivity index (χ1n) is 8.58. The standard InChI is InChI=1S/C20H26N2O2/c1-24-20-9-7-17(8-10-20)15-19(23)16-21-11-13-22(14-12-21)18-5-3-2-4-6-18/h2-10,19,23H,11-16H2,1H3. The van der Waals surface area contributed by atoms with E-state index < -0.39 is 0 Å². The van der Waals surface area contributed by atoms with E-state index in [0.29, 0.717) is 6.42 Å². The van der Waals surface area contributed by atoms with Gasteiger partial charge in [0.05, 0.1) is 13.2 Å². The van der Waals surface area contributed by atoms with Crippen LogP contribution in [-0.2, 0) is 6.42 Å². The molecule has 0 radical (unpaired) electrons. The van der Waals surface area contributed by atoms with Crippen LogP contribution in [0.25, 0.3) is 0 Å². The zero-order valence-electron chi connectivity index (χ0n) is 14.3. The summed E-state index contributed by atoms with van der Waals surface area (Å²) in [5.41, 5.74) is 2.43. The molecule has 1 atom stereocenters. The summed E-state index contributed by atoms with van der Waals surface area (Å²) in [4.78, 5) is 4.76. The highest BCUT2D eigenvalue weighted by Crippen LogP contribution is 2.16. The molecule has 1 heterocycles. The number of hydrogen-bond acceptors (Lipinski definition) is 4. The SMILES string of the molecule is COc1ccc(CC(O)CN2CCN(c3ccccc3)CC2)cc1. The van der Waals surface area contributed by atoms with Gasteiger partial charge in [-0.2, -0.15) is 0 Å². The Labute approximate surface area is 144 Å². The van der Waals surface area contributed by atoms with Crippen LogP contribution in [0.3, 0.4) is 0 Å². The Morgan fingerprint density at radius 2 is 1.62 bits per heavy atom. The van der Waals surface area contributed by atoms with Gasteiger partial charge in [0.2, 0.25) is 0 Å². The number of nitrogens with zero attached hydrogens (tertiary/aromatic N) is 2. The van der Waals surface area contributed by atoms with Gasteiger partial charge in [-0.15, -0.1) is 0 Å². The van der Waals surface area contributed by atoms with Crippen molar-refractivity contribution in [3.63, 3.8) is 0 Å². The monoisotopic (exact) mass is 326 g/mol. The number of ether oxygens (including phenoxy) is 1. The molecule has 4 nitrogen and oxygen atoms in total. The summed E-state index contributed by atoms with van der Waals surface area (Å²) >= 11 is 0. The van der Waals surface area contributed by atoms with Crippen LogP contribution in [0.15, 0.2) is 54.6 Å². The molecule has 0 aliphatic carbocycles. The lowest BCUT2D eigenvalue weighted by Gasteiger charge is -2.37. The molecule has 1 aliphatic rings. The largest absolute Gasteiger partial charge is 0.497 e. The smallest absolute Gasteiger partial charge is 0.118 e. The summed E-state index contributed by atoms with van der Waals surface area (Å²) in [6, 6.07) is 18.5. The Balaban J connectivity index is 1.45. The first kappa shape index (κ1) is 16.8. The molecule has 0 spiro atoms. The van der Waals surface area contributed by atoms with Gasteiger partial charge in [-0.1, -0.05) is 30.3 Å². The van der Waals surface area contributed by atoms with Gasteiger partial charge >= 0.3 is 0 Å². The average molecular weight is 326 g/mol. The highest BCUT2D eigenvalue weighted by molar-refractivity contribution is 5.46. The summed E-state index contributed by atoms with van der Waals surface area (Å²) in [5, 5.41) is 10.4. The number of aliphatic hydroxyl groups excluding tert-OH is 1. The summed E-state index contributed by atoms with van der Waals surface area (Å²) in [6.07, 6.45) is 0.352. The van der Waals surface area contributed by atoms with Crippen molar-refractivity contribution in [1.82, 2.24) is 4.90 Å². The van der Waals surface area contributed by atoms with E-state index in [1.165, 1.54) is 5.69 Å². The highest BCUT2D eigenvalue weighted by Gasteiger charge is 2.19. The minimum absolute atomic E-state index is 0.332. The number of aliphatic hydroxyl groups is 1. The lowest BCUT2D eigenvalue weighted by atomic mass is 10.1. The lowest BCUT2D eigenvalue weighted by Crippen LogP contribution is -2.48. The molecule has 1 unspecified atom stereocenters. The van der Waals surface area contributed by atoms with Crippen molar-refractivity contribution in [2.24, 2.45) is 0 Å². The lowest BCUT2D eigenvalue weighted by molar-refractivity contribution is 0.109. The Kier molecular flexibility index (Phi) is 5.72. The van der Waals surface area contributed by atoms with Crippen molar-refractivity contribution < 1.29 is 9.84 Å². The Morgan fingerprint density at radius 3 is 2.25 bits per heavy atom. The summed E-state index contributed by atoms with van der Waals surface area (Å²) in [5.74, 6) is 0.852. The summed E-state index contributed by atoms with van der Waals surface area (Å²) < 4.78 is 5.17. The Hall–Kier alpha value is -2.04. The fourth-order valence-corrected chi connectivity index (χ4v) is 3.22. The molecule has 1 N–H and O–H groups in total. The first-order chi connectivity index (χ1) is 11.7. The molecule has 0 bridgehead atoms. The van der Waals surface area contributed by atoms with Crippen LogP contribution >= 0.6 is 0 Å². The molecular weight excluding hydrogens is 300 g/mol. The number of rotatable bonds is 6. The van der Waals surface area contributed by atoms with Gasteiger partial charge in [0, 0.05) is 38.4 Å². The second-order valence-corrected chi connectivity index (χ2v) is 6.33. The molecule has 1 saturated heterocycles. The van der Waals surface area contributed by atoms with Crippen molar-refractivity contribution in [1.29, 1.82) is 0 Å². The van der Waals surface area contributed by atoms with Crippen molar-refractivity contribution in [2.45, 2.75) is 12.5 Å². The molecule has 3 rings (SSSR count). The molecule has 2 aromatic carbocycles. The number of hydrogen-bond donors (Lipinski definition) is 1. The fraction of sp³-hybridized carbons (Fsp3) is 0.400. The van der Waals surface area contributed by atoms with E-state index in [1.807, 2.05) is 24.3 Å². The third-order valence-electron chi connectivity index (χ3n) is 4.59. The number of para-hydroxylation sites is 1. The van der Waals surface area contributed by atoms with Gasteiger partial charge in [0.15, 0.2) is 0 Å². The maximum Gasteiger partial charge on any atom is 0.118 e.